The molecule has 4 N–H and O–H groups in total. The molecule has 2 aromatic rings. The Balaban J connectivity index is 2.34. The first-order valence-electron chi connectivity index (χ1n) is 8.00. The van der Waals surface area contributed by atoms with Crippen molar-refractivity contribution >= 4 is 11.5 Å². The van der Waals surface area contributed by atoms with Gasteiger partial charge in [-0.05, 0) is 36.1 Å². The van der Waals surface area contributed by atoms with Crippen molar-refractivity contribution in [1.82, 2.24) is 0 Å². The number of ketones is 1. The Kier molecular flexibility index (Phi) is 6.29. The lowest BCUT2D eigenvalue weighted by molar-refractivity contribution is -0.113. The normalized spacial score (nSPS) is 11.8. The molecule has 4 heteroatoms. The van der Waals surface area contributed by atoms with Crippen LogP contribution in [0.5, 0.6) is 0 Å². The molecule has 0 bridgehead atoms. The molecule has 0 unspecified atom stereocenters. The van der Waals surface area contributed by atoms with Crippen LogP contribution in [0.3, 0.4) is 0 Å². The van der Waals surface area contributed by atoms with E-state index in [1.54, 1.807) is 6.92 Å². The van der Waals surface area contributed by atoms with Crippen molar-refractivity contribution in [3.63, 3.8) is 0 Å². The first kappa shape index (κ1) is 17.9. The van der Waals surface area contributed by atoms with Gasteiger partial charge in [-0.2, -0.15) is 0 Å². The number of Topliss-reactive ketones (excluding diaryl/α,β-unsaturated/α-hetero) is 1. The summed E-state index contributed by atoms with van der Waals surface area (Å²) >= 11 is 0. The lowest BCUT2D eigenvalue weighted by atomic mass is 9.98. The van der Waals surface area contributed by atoms with E-state index in [0.717, 1.165) is 28.0 Å². The molecule has 0 aliphatic rings. The van der Waals surface area contributed by atoms with Gasteiger partial charge in [0.05, 0.1) is 12.3 Å². The zero-order valence-electron chi connectivity index (χ0n) is 14.2. The Morgan fingerprint density at radius 1 is 1.00 bits per heavy atom. The van der Waals surface area contributed by atoms with E-state index in [1.165, 1.54) is 0 Å². The Morgan fingerprint density at radius 3 is 2.17 bits per heavy atom. The maximum atomic E-state index is 12.1. The monoisotopic (exact) mass is 324 g/mol. The summed E-state index contributed by atoms with van der Waals surface area (Å²) in [7, 11) is 0. The number of anilines is 1. The fraction of sp³-hybridized carbons (Fsp3) is 0.250. The van der Waals surface area contributed by atoms with Gasteiger partial charge in [0.25, 0.3) is 0 Å². The van der Waals surface area contributed by atoms with Crippen LogP contribution < -0.4 is 11.1 Å². The molecule has 2 aromatic carbocycles. The second-order valence-electron chi connectivity index (χ2n) is 5.80. The van der Waals surface area contributed by atoms with Crippen molar-refractivity contribution in [2.45, 2.75) is 33.4 Å². The summed E-state index contributed by atoms with van der Waals surface area (Å²) in [4.78, 5) is 12.1. The van der Waals surface area contributed by atoms with Gasteiger partial charge in [0.15, 0.2) is 5.78 Å². The number of nitrogens with one attached hydrogen (secondary N) is 1. The van der Waals surface area contributed by atoms with Crippen molar-refractivity contribution in [2.75, 3.05) is 5.32 Å². The second kappa shape index (κ2) is 8.43. The van der Waals surface area contributed by atoms with Crippen LogP contribution in [0.1, 0.15) is 30.5 Å². The van der Waals surface area contributed by atoms with Gasteiger partial charge in [0.1, 0.15) is 0 Å². The number of para-hydroxylation sites is 1. The summed E-state index contributed by atoms with van der Waals surface area (Å²) in [6.07, 6.45) is 0.649. The minimum absolute atomic E-state index is 0.0366. The molecule has 0 fully saturated rings. The molecule has 2 rings (SSSR count). The fourth-order valence-electron chi connectivity index (χ4n) is 2.71. The van der Waals surface area contributed by atoms with Gasteiger partial charge in [-0.1, -0.05) is 42.5 Å². The SMILES string of the molecule is CC(=O)/C(Nc1ccccc1CO)=C(/C)Cc1ccccc1CN. The molecular formula is C20H24N2O2. The zero-order valence-corrected chi connectivity index (χ0v) is 14.2. The fourth-order valence-corrected chi connectivity index (χ4v) is 2.71. The highest BCUT2D eigenvalue weighted by molar-refractivity contribution is 5.97. The van der Waals surface area contributed by atoms with Crippen molar-refractivity contribution in [3.8, 4) is 0 Å². The molecule has 0 aliphatic carbocycles. The third kappa shape index (κ3) is 4.31. The lowest BCUT2D eigenvalue weighted by Gasteiger charge is -2.16. The molecule has 0 radical (unpaired) electrons. The van der Waals surface area contributed by atoms with Gasteiger partial charge in [-0.25, -0.2) is 0 Å². The second-order valence-corrected chi connectivity index (χ2v) is 5.80. The van der Waals surface area contributed by atoms with E-state index < -0.39 is 0 Å². The number of allylic oxidation sites excluding steroid dienone is 2. The number of rotatable bonds is 7. The molecule has 0 heterocycles. The third-order valence-electron chi connectivity index (χ3n) is 4.02. The van der Waals surface area contributed by atoms with Gasteiger partial charge in [-0.15, -0.1) is 0 Å². The van der Waals surface area contributed by atoms with Gasteiger partial charge in [0, 0.05) is 24.7 Å². The molecule has 0 saturated heterocycles. The summed E-state index contributed by atoms with van der Waals surface area (Å²) in [5, 5.41) is 12.7. The van der Waals surface area contributed by atoms with Crippen LogP contribution in [0.25, 0.3) is 0 Å². The molecule has 0 amide bonds. The highest BCUT2D eigenvalue weighted by Gasteiger charge is 2.12. The smallest absolute Gasteiger partial charge is 0.175 e. The number of aliphatic hydroxyl groups excluding tert-OH is 1. The molecule has 0 aromatic heterocycles. The van der Waals surface area contributed by atoms with Gasteiger partial charge < -0.3 is 16.2 Å². The minimum atomic E-state index is -0.0799. The Bertz CT molecular complexity index is 751. The van der Waals surface area contributed by atoms with E-state index in [0.29, 0.717) is 18.7 Å². The number of hydrogen-bond donors (Lipinski definition) is 3. The molecule has 126 valence electrons. The average molecular weight is 324 g/mol. The first-order valence-corrected chi connectivity index (χ1v) is 8.00. The predicted molar refractivity (Wildman–Crippen MR) is 97.4 cm³/mol. The van der Waals surface area contributed by atoms with Crippen molar-refractivity contribution in [1.29, 1.82) is 0 Å². The van der Waals surface area contributed by atoms with Gasteiger partial charge in [-0.3, -0.25) is 4.79 Å². The van der Waals surface area contributed by atoms with Gasteiger partial charge >= 0.3 is 0 Å². The number of carbonyl (C=O) groups excluding carboxylic acids is 1. The summed E-state index contributed by atoms with van der Waals surface area (Å²) < 4.78 is 0. The van der Waals surface area contributed by atoms with Crippen LogP contribution >= 0.6 is 0 Å². The maximum absolute atomic E-state index is 12.1. The largest absolute Gasteiger partial charge is 0.392 e. The van der Waals surface area contributed by atoms with E-state index in [1.807, 2.05) is 55.5 Å². The zero-order chi connectivity index (χ0) is 17.5. The number of hydrogen-bond acceptors (Lipinski definition) is 4. The molecule has 0 atom stereocenters. The minimum Gasteiger partial charge on any atom is -0.392 e. The van der Waals surface area contributed by atoms with E-state index in [-0.39, 0.29) is 12.4 Å². The highest BCUT2D eigenvalue weighted by Crippen LogP contribution is 2.21. The van der Waals surface area contributed by atoms with Crippen LogP contribution in [-0.2, 0) is 24.4 Å². The van der Waals surface area contributed by atoms with Crippen molar-refractivity contribution < 1.29 is 9.90 Å². The summed E-state index contributed by atoms with van der Waals surface area (Å²) in [6.45, 7) is 3.88. The third-order valence-corrected chi connectivity index (χ3v) is 4.02. The van der Waals surface area contributed by atoms with Crippen LogP contribution in [0.15, 0.2) is 59.8 Å². The molecule has 4 nitrogen and oxygen atoms in total. The number of carbonyl (C=O) groups is 1. The van der Waals surface area contributed by atoms with E-state index in [9.17, 15) is 9.90 Å². The van der Waals surface area contributed by atoms with Gasteiger partial charge in [0.2, 0.25) is 0 Å². The molecule has 0 spiro atoms. The summed E-state index contributed by atoms with van der Waals surface area (Å²) in [5.41, 5.74) is 11.0. The Morgan fingerprint density at radius 2 is 1.58 bits per heavy atom. The Labute approximate surface area is 143 Å². The standard InChI is InChI=1S/C20H24N2O2/c1-14(11-16-7-3-4-8-17(16)12-21)20(15(2)24)22-19-10-6-5-9-18(19)13-23/h3-10,22-23H,11-13,21H2,1-2H3/b20-14+. The maximum Gasteiger partial charge on any atom is 0.175 e. The van der Waals surface area contributed by atoms with E-state index in [4.69, 9.17) is 5.73 Å². The molecular weight excluding hydrogens is 300 g/mol. The molecule has 24 heavy (non-hydrogen) atoms. The Hall–Kier alpha value is -2.43. The van der Waals surface area contributed by atoms with Crippen molar-refractivity contribution in [3.05, 3.63) is 76.5 Å². The highest BCUT2D eigenvalue weighted by atomic mass is 16.3. The van der Waals surface area contributed by atoms with Crippen molar-refractivity contribution in [2.24, 2.45) is 5.73 Å². The lowest BCUT2D eigenvalue weighted by Crippen LogP contribution is -2.13. The quantitative estimate of drug-likeness (QED) is 0.684. The predicted octanol–water partition coefficient (Wildman–Crippen LogP) is 3.16. The summed E-state index contributed by atoms with van der Waals surface area (Å²) in [6, 6.07) is 15.4. The van der Waals surface area contributed by atoms with Crippen LogP contribution in [0.4, 0.5) is 5.69 Å². The number of aliphatic hydroxyl groups is 1. The van der Waals surface area contributed by atoms with Crippen LogP contribution in [-0.4, -0.2) is 10.9 Å². The molecule has 0 saturated carbocycles. The summed E-state index contributed by atoms with van der Waals surface area (Å²) in [5.74, 6) is -0.0366. The average Bonchev–Trinajstić information content (AvgIpc) is 2.60. The first-order chi connectivity index (χ1) is 11.6. The molecule has 0 aliphatic heterocycles. The van der Waals surface area contributed by atoms with E-state index in [2.05, 4.69) is 5.32 Å². The number of nitrogens with two attached hydrogens (primary N) is 1. The number of benzene rings is 2. The van der Waals surface area contributed by atoms with Crippen LogP contribution in [0, 0.1) is 0 Å². The van der Waals surface area contributed by atoms with Crippen LogP contribution in [0.2, 0.25) is 0 Å². The topological polar surface area (TPSA) is 75.3 Å². The van der Waals surface area contributed by atoms with E-state index >= 15 is 0 Å².